The van der Waals surface area contributed by atoms with E-state index in [1.54, 1.807) is 53.4 Å². The van der Waals surface area contributed by atoms with Gasteiger partial charge in [0.05, 0.1) is 24.5 Å². The molecular formula is C22H25N3O4. The third-order valence-corrected chi connectivity index (χ3v) is 4.79. The number of hydrogen-bond donors (Lipinski definition) is 2. The van der Waals surface area contributed by atoms with E-state index < -0.39 is 11.9 Å². The molecule has 2 N–H and O–H groups in total. The van der Waals surface area contributed by atoms with Gasteiger partial charge in [0.1, 0.15) is 6.04 Å². The zero-order valence-corrected chi connectivity index (χ0v) is 16.4. The number of anilines is 1. The van der Waals surface area contributed by atoms with Crippen LogP contribution in [0.3, 0.4) is 0 Å². The monoisotopic (exact) mass is 395 g/mol. The van der Waals surface area contributed by atoms with E-state index in [0.717, 1.165) is 0 Å². The number of rotatable bonds is 6. The number of nitrogens with one attached hydrogen (secondary N) is 2. The summed E-state index contributed by atoms with van der Waals surface area (Å²) in [5.74, 6) is -0.820. The number of benzene rings is 2. The second-order valence-electron chi connectivity index (χ2n) is 6.74. The molecule has 1 saturated heterocycles. The topological polar surface area (TPSA) is 87.7 Å². The molecule has 1 fully saturated rings. The van der Waals surface area contributed by atoms with Gasteiger partial charge in [-0.05, 0) is 30.7 Å². The summed E-state index contributed by atoms with van der Waals surface area (Å²) in [6.07, 6.45) is 0.473. The quantitative estimate of drug-likeness (QED) is 0.786. The van der Waals surface area contributed by atoms with Crippen LogP contribution < -0.4 is 10.6 Å². The van der Waals surface area contributed by atoms with Crippen molar-refractivity contribution in [3.63, 3.8) is 0 Å². The zero-order chi connectivity index (χ0) is 20.6. The Labute approximate surface area is 170 Å². The first-order valence-corrected chi connectivity index (χ1v) is 9.73. The van der Waals surface area contributed by atoms with Gasteiger partial charge in [-0.1, -0.05) is 37.3 Å². The maximum absolute atomic E-state index is 12.9. The summed E-state index contributed by atoms with van der Waals surface area (Å²) in [7, 11) is 0. The third kappa shape index (κ3) is 5.20. The Bertz CT molecular complexity index is 863. The van der Waals surface area contributed by atoms with Gasteiger partial charge in [0.15, 0.2) is 0 Å². The van der Waals surface area contributed by atoms with Gasteiger partial charge in [-0.25, -0.2) is 0 Å². The predicted molar refractivity (Wildman–Crippen MR) is 110 cm³/mol. The van der Waals surface area contributed by atoms with Crippen molar-refractivity contribution in [2.24, 2.45) is 0 Å². The van der Waals surface area contributed by atoms with E-state index in [0.29, 0.717) is 49.5 Å². The first-order valence-electron chi connectivity index (χ1n) is 9.73. The van der Waals surface area contributed by atoms with Crippen LogP contribution in [-0.4, -0.2) is 55.0 Å². The number of para-hydroxylation sites is 1. The molecule has 0 radical (unpaired) electrons. The minimum atomic E-state index is -0.626. The minimum Gasteiger partial charge on any atom is -0.378 e. The summed E-state index contributed by atoms with van der Waals surface area (Å²) >= 11 is 0. The van der Waals surface area contributed by atoms with E-state index in [1.807, 2.05) is 13.0 Å². The van der Waals surface area contributed by atoms with Crippen LogP contribution in [0.4, 0.5) is 5.69 Å². The van der Waals surface area contributed by atoms with Crippen LogP contribution in [0.1, 0.15) is 34.1 Å². The molecule has 2 aromatic rings. The molecule has 29 heavy (non-hydrogen) atoms. The molecule has 0 bridgehead atoms. The van der Waals surface area contributed by atoms with E-state index in [1.165, 1.54) is 0 Å². The Balaban J connectivity index is 1.71. The number of ether oxygens (including phenoxy) is 1. The number of nitrogens with zero attached hydrogens (tertiary/aromatic N) is 1. The van der Waals surface area contributed by atoms with E-state index in [-0.39, 0.29) is 11.8 Å². The highest BCUT2D eigenvalue weighted by Crippen LogP contribution is 2.17. The number of carbonyl (C=O) groups excluding carboxylic acids is 3. The average molecular weight is 395 g/mol. The van der Waals surface area contributed by atoms with E-state index in [4.69, 9.17) is 4.74 Å². The summed E-state index contributed by atoms with van der Waals surface area (Å²) in [5, 5.41) is 5.59. The smallest absolute Gasteiger partial charge is 0.255 e. The lowest BCUT2D eigenvalue weighted by Gasteiger charge is -2.30. The van der Waals surface area contributed by atoms with Gasteiger partial charge in [-0.15, -0.1) is 0 Å². The second kappa shape index (κ2) is 9.84. The van der Waals surface area contributed by atoms with Gasteiger partial charge in [-0.2, -0.15) is 0 Å². The van der Waals surface area contributed by atoms with Crippen molar-refractivity contribution in [3.05, 3.63) is 65.7 Å². The summed E-state index contributed by atoms with van der Waals surface area (Å²) in [6.45, 7) is 3.91. The molecule has 0 spiro atoms. The molecule has 1 atom stereocenters. The van der Waals surface area contributed by atoms with E-state index >= 15 is 0 Å². The second-order valence-corrected chi connectivity index (χ2v) is 6.74. The molecule has 7 heteroatoms. The molecule has 3 rings (SSSR count). The summed E-state index contributed by atoms with van der Waals surface area (Å²) < 4.78 is 5.28. The molecule has 7 nitrogen and oxygen atoms in total. The zero-order valence-electron chi connectivity index (χ0n) is 16.4. The fourth-order valence-corrected chi connectivity index (χ4v) is 3.15. The summed E-state index contributed by atoms with van der Waals surface area (Å²) in [4.78, 5) is 39.8. The van der Waals surface area contributed by atoms with Crippen LogP contribution in [-0.2, 0) is 9.53 Å². The third-order valence-electron chi connectivity index (χ3n) is 4.79. The number of carbonyl (C=O) groups is 3. The van der Waals surface area contributed by atoms with Crippen molar-refractivity contribution in [1.29, 1.82) is 0 Å². The van der Waals surface area contributed by atoms with Crippen molar-refractivity contribution in [2.45, 2.75) is 19.4 Å². The molecule has 0 aromatic heterocycles. The Kier molecular flexibility index (Phi) is 6.97. The Morgan fingerprint density at radius 2 is 1.62 bits per heavy atom. The molecule has 0 aliphatic carbocycles. The molecule has 1 aliphatic heterocycles. The Hall–Kier alpha value is -3.19. The van der Waals surface area contributed by atoms with Gasteiger partial charge < -0.3 is 20.3 Å². The normalized spacial score (nSPS) is 14.7. The maximum atomic E-state index is 12.9. The molecule has 0 unspecified atom stereocenters. The summed E-state index contributed by atoms with van der Waals surface area (Å²) in [5.41, 5.74) is 1.20. The number of hydrogen-bond acceptors (Lipinski definition) is 4. The fraction of sp³-hybridized carbons (Fsp3) is 0.318. The van der Waals surface area contributed by atoms with Crippen molar-refractivity contribution in [1.82, 2.24) is 10.2 Å². The lowest BCUT2D eigenvalue weighted by atomic mass is 10.1. The molecule has 1 heterocycles. The van der Waals surface area contributed by atoms with Crippen LogP contribution in [0, 0.1) is 0 Å². The molecule has 152 valence electrons. The number of amides is 3. The van der Waals surface area contributed by atoms with Crippen molar-refractivity contribution in [3.8, 4) is 0 Å². The first kappa shape index (κ1) is 20.5. The average Bonchev–Trinajstić information content (AvgIpc) is 2.78. The molecule has 2 aromatic carbocycles. The van der Waals surface area contributed by atoms with E-state index in [2.05, 4.69) is 10.6 Å². The fourth-order valence-electron chi connectivity index (χ4n) is 3.15. The van der Waals surface area contributed by atoms with Gasteiger partial charge in [-0.3, -0.25) is 14.4 Å². The largest absolute Gasteiger partial charge is 0.378 e. The minimum absolute atomic E-state index is 0.116. The van der Waals surface area contributed by atoms with Crippen molar-refractivity contribution < 1.29 is 19.1 Å². The lowest BCUT2D eigenvalue weighted by Crippen LogP contribution is -2.51. The Morgan fingerprint density at radius 1 is 0.966 bits per heavy atom. The first-order chi connectivity index (χ1) is 14.1. The molecular weight excluding hydrogens is 370 g/mol. The molecule has 1 aliphatic rings. The van der Waals surface area contributed by atoms with Crippen LogP contribution in [0.5, 0.6) is 0 Å². The summed E-state index contributed by atoms with van der Waals surface area (Å²) in [6, 6.07) is 14.9. The number of morpholine rings is 1. The van der Waals surface area contributed by atoms with Gasteiger partial charge in [0.2, 0.25) is 5.91 Å². The van der Waals surface area contributed by atoms with Crippen LogP contribution >= 0.6 is 0 Å². The lowest BCUT2D eigenvalue weighted by molar-refractivity contribution is -0.137. The van der Waals surface area contributed by atoms with Crippen LogP contribution in [0.25, 0.3) is 0 Å². The van der Waals surface area contributed by atoms with Gasteiger partial charge in [0, 0.05) is 18.7 Å². The van der Waals surface area contributed by atoms with Gasteiger partial charge >= 0.3 is 0 Å². The maximum Gasteiger partial charge on any atom is 0.255 e. The SMILES string of the molecule is CC[C@@H](NC(=O)c1ccccc1NC(=O)c1ccccc1)C(=O)N1CCOCC1. The van der Waals surface area contributed by atoms with Crippen LogP contribution in [0.15, 0.2) is 54.6 Å². The van der Waals surface area contributed by atoms with Crippen molar-refractivity contribution in [2.75, 3.05) is 31.6 Å². The highest BCUT2D eigenvalue weighted by molar-refractivity contribution is 6.09. The standard InChI is InChI=1S/C22H25N3O4/c1-2-18(22(28)25-12-14-29-15-13-25)23-21(27)17-10-6-7-11-19(17)24-20(26)16-8-4-3-5-9-16/h3-11,18H,2,12-15H2,1H3,(H,23,27)(H,24,26)/t18-/m1/s1. The highest BCUT2D eigenvalue weighted by Gasteiger charge is 2.27. The van der Waals surface area contributed by atoms with Crippen LogP contribution in [0.2, 0.25) is 0 Å². The van der Waals surface area contributed by atoms with Gasteiger partial charge in [0.25, 0.3) is 11.8 Å². The highest BCUT2D eigenvalue weighted by atomic mass is 16.5. The predicted octanol–water partition coefficient (Wildman–Crippen LogP) is 2.31. The Morgan fingerprint density at radius 3 is 2.31 bits per heavy atom. The molecule has 0 saturated carbocycles. The van der Waals surface area contributed by atoms with E-state index in [9.17, 15) is 14.4 Å². The van der Waals surface area contributed by atoms with Crippen molar-refractivity contribution >= 4 is 23.4 Å². The molecule has 3 amide bonds.